The van der Waals surface area contributed by atoms with Crippen LogP contribution in [0.5, 0.6) is 5.75 Å². The first-order valence-corrected chi connectivity index (χ1v) is 8.80. The van der Waals surface area contributed by atoms with Gasteiger partial charge in [-0.05, 0) is 66.9 Å². The van der Waals surface area contributed by atoms with Crippen LogP contribution in [0.25, 0.3) is 16.8 Å². The number of methoxy groups -OCH3 is 1. The molecule has 3 aromatic rings. The van der Waals surface area contributed by atoms with Gasteiger partial charge in [0.05, 0.1) is 12.8 Å². The van der Waals surface area contributed by atoms with Crippen LogP contribution in [0.1, 0.15) is 44.6 Å². The van der Waals surface area contributed by atoms with Crippen molar-refractivity contribution in [3.05, 3.63) is 70.0 Å². The molecule has 0 atom stereocenters. The molecule has 140 valence electrons. The fraction of sp³-hybridized carbons (Fsp3) is 0.174. The number of hydrogen-bond acceptors (Lipinski definition) is 4. The fourth-order valence-corrected chi connectivity index (χ4v) is 3.41. The molecule has 1 N–H and O–H groups in total. The predicted molar refractivity (Wildman–Crippen MR) is 109 cm³/mol. The lowest BCUT2D eigenvalue weighted by molar-refractivity contribution is 0.101. The number of carbonyl (C=O) groups excluding carboxylic acids is 2. The molecular formula is C23H20N2O3. The minimum Gasteiger partial charge on any atom is -0.497 e. The number of allylic oxidation sites excluding steroid dienone is 1. The van der Waals surface area contributed by atoms with Gasteiger partial charge in [-0.25, -0.2) is 0 Å². The Bertz CT molecular complexity index is 1180. The van der Waals surface area contributed by atoms with E-state index in [-0.39, 0.29) is 17.1 Å². The van der Waals surface area contributed by atoms with Crippen LogP contribution < -0.4 is 4.74 Å². The topological polar surface area (TPSA) is 82.9 Å². The minimum atomic E-state index is -0.426. The average molecular weight is 372 g/mol. The number of Topliss-reactive ketones (excluding diaryl/α,β-unsaturated/α-hetero) is 2. The molecule has 0 amide bonds. The van der Waals surface area contributed by atoms with Gasteiger partial charge in [-0.1, -0.05) is 18.2 Å². The first-order chi connectivity index (χ1) is 13.3. The molecule has 0 saturated carbocycles. The summed E-state index contributed by atoms with van der Waals surface area (Å²) >= 11 is 0. The molecule has 1 heterocycles. The normalized spacial score (nSPS) is 11.3. The number of nitrogens with one attached hydrogen (secondary N) is 1. The van der Waals surface area contributed by atoms with Crippen LogP contribution in [0, 0.1) is 25.2 Å². The standard InChI is InChI=1S/C23H20N2O3/c1-13-21(15(3)26)14(2)25-22(13)23(27)19(12-24)10-16-5-6-18-11-20(28-4)8-7-17(18)9-16/h5-11,25H,1-4H3. The van der Waals surface area contributed by atoms with Crippen molar-refractivity contribution in [2.75, 3.05) is 7.11 Å². The number of ether oxygens (including phenoxy) is 1. The zero-order valence-corrected chi connectivity index (χ0v) is 16.2. The summed E-state index contributed by atoms with van der Waals surface area (Å²) in [7, 11) is 1.62. The highest BCUT2D eigenvalue weighted by Gasteiger charge is 2.22. The molecule has 1 aromatic heterocycles. The number of aromatic nitrogens is 1. The molecule has 28 heavy (non-hydrogen) atoms. The van der Waals surface area contributed by atoms with E-state index in [9.17, 15) is 14.9 Å². The molecule has 0 aliphatic heterocycles. The highest BCUT2D eigenvalue weighted by atomic mass is 16.5. The number of H-pyrrole nitrogens is 1. The van der Waals surface area contributed by atoms with Gasteiger partial charge in [0, 0.05) is 11.3 Å². The van der Waals surface area contributed by atoms with Crippen LogP contribution >= 0.6 is 0 Å². The summed E-state index contributed by atoms with van der Waals surface area (Å²) in [5, 5.41) is 11.5. The second-order valence-electron chi connectivity index (χ2n) is 6.65. The quantitative estimate of drug-likeness (QED) is 0.397. The third-order valence-electron chi connectivity index (χ3n) is 4.76. The van der Waals surface area contributed by atoms with Crippen molar-refractivity contribution in [2.24, 2.45) is 0 Å². The molecule has 3 rings (SSSR count). The van der Waals surface area contributed by atoms with Crippen molar-refractivity contribution in [1.29, 1.82) is 5.26 Å². The number of carbonyl (C=O) groups is 2. The number of rotatable bonds is 5. The van der Waals surface area contributed by atoms with Crippen molar-refractivity contribution in [1.82, 2.24) is 4.98 Å². The van der Waals surface area contributed by atoms with Crippen molar-refractivity contribution in [3.8, 4) is 11.8 Å². The SMILES string of the molecule is COc1ccc2cc(C=C(C#N)C(=O)c3[nH]c(C)c(C(C)=O)c3C)ccc2c1. The number of aromatic amines is 1. The lowest BCUT2D eigenvalue weighted by atomic mass is 10.00. The van der Waals surface area contributed by atoms with E-state index in [1.165, 1.54) is 6.92 Å². The molecule has 0 radical (unpaired) electrons. The Kier molecular flexibility index (Phi) is 5.14. The number of hydrogen-bond donors (Lipinski definition) is 1. The second-order valence-corrected chi connectivity index (χ2v) is 6.65. The molecule has 5 nitrogen and oxygen atoms in total. The largest absolute Gasteiger partial charge is 0.497 e. The van der Waals surface area contributed by atoms with Crippen LogP contribution in [0.3, 0.4) is 0 Å². The van der Waals surface area contributed by atoms with Crippen molar-refractivity contribution < 1.29 is 14.3 Å². The summed E-state index contributed by atoms with van der Waals surface area (Å²) in [6, 6.07) is 13.4. The molecule has 0 unspecified atom stereocenters. The third kappa shape index (κ3) is 3.45. The predicted octanol–water partition coefficient (Wildman–Crippen LogP) is 4.79. The molecule has 0 bridgehead atoms. The van der Waals surface area contributed by atoms with E-state index in [2.05, 4.69) is 4.98 Å². The average Bonchev–Trinajstić information content (AvgIpc) is 2.99. The Morgan fingerprint density at radius 3 is 2.39 bits per heavy atom. The first-order valence-electron chi connectivity index (χ1n) is 8.80. The van der Waals surface area contributed by atoms with Crippen LogP contribution in [-0.2, 0) is 0 Å². The Balaban J connectivity index is 2.01. The minimum absolute atomic E-state index is 0.00677. The monoisotopic (exact) mass is 372 g/mol. The highest BCUT2D eigenvalue weighted by Crippen LogP contribution is 2.25. The molecule has 0 fully saturated rings. The lowest BCUT2D eigenvalue weighted by Gasteiger charge is -2.04. The van der Waals surface area contributed by atoms with Gasteiger partial charge in [-0.2, -0.15) is 5.26 Å². The summed E-state index contributed by atoms with van der Waals surface area (Å²) < 4.78 is 5.23. The van der Waals surface area contributed by atoms with Crippen LogP contribution in [-0.4, -0.2) is 23.7 Å². The molecule has 0 spiro atoms. The number of ketones is 2. The summed E-state index contributed by atoms with van der Waals surface area (Å²) in [5.41, 5.74) is 2.73. The van der Waals surface area contributed by atoms with Gasteiger partial charge in [0.15, 0.2) is 5.78 Å². The van der Waals surface area contributed by atoms with E-state index < -0.39 is 5.78 Å². The summed E-state index contributed by atoms with van der Waals surface area (Å²) in [5.74, 6) is 0.228. The lowest BCUT2D eigenvalue weighted by Crippen LogP contribution is -2.05. The number of benzene rings is 2. The zero-order valence-electron chi connectivity index (χ0n) is 16.2. The summed E-state index contributed by atoms with van der Waals surface area (Å²) in [6.45, 7) is 4.92. The zero-order chi connectivity index (χ0) is 20.4. The van der Waals surface area contributed by atoms with Gasteiger partial charge in [0.25, 0.3) is 0 Å². The van der Waals surface area contributed by atoms with Gasteiger partial charge in [-0.15, -0.1) is 0 Å². The number of nitrogens with zero attached hydrogens (tertiary/aromatic N) is 1. The van der Waals surface area contributed by atoms with Gasteiger partial charge in [0.2, 0.25) is 5.78 Å². The van der Waals surface area contributed by atoms with E-state index >= 15 is 0 Å². The van der Waals surface area contributed by atoms with Crippen LogP contribution in [0.15, 0.2) is 42.0 Å². The second kappa shape index (κ2) is 7.53. The molecule has 2 aromatic carbocycles. The smallest absolute Gasteiger partial charge is 0.219 e. The van der Waals surface area contributed by atoms with Gasteiger partial charge in [-0.3, -0.25) is 9.59 Å². The first kappa shape index (κ1) is 19.1. The molecule has 5 heteroatoms. The van der Waals surface area contributed by atoms with E-state index in [1.54, 1.807) is 27.0 Å². The summed E-state index contributed by atoms with van der Waals surface area (Å²) in [6.07, 6.45) is 1.56. The van der Waals surface area contributed by atoms with Crippen LogP contribution in [0.4, 0.5) is 0 Å². The highest BCUT2D eigenvalue weighted by molar-refractivity contribution is 6.15. The van der Waals surface area contributed by atoms with E-state index in [0.717, 1.165) is 22.1 Å². The van der Waals surface area contributed by atoms with Crippen molar-refractivity contribution in [3.63, 3.8) is 0 Å². The molecule has 0 saturated heterocycles. The number of fused-ring (bicyclic) bond motifs is 1. The maximum absolute atomic E-state index is 12.9. The Labute approximate surface area is 163 Å². The maximum Gasteiger partial charge on any atom is 0.219 e. The third-order valence-corrected chi connectivity index (χ3v) is 4.76. The van der Waals surface area contributed by atoms with Crippen molar-refractivity contribution in [2.45, 2.75) is 20.8 Å². The Morgan fingerprint density at radius 2 is 1.79 bits per heavy atom. The van der Waals surface area contributed by atoms with Crippen molar-refractivity contribution >= 4 is 28.4 Å². The molecule has 0 aliphatic rings. The summed E-state index contributed by atoms with van der Waals surface area (Å²) in [4.78, 5) is 27.7. The van der Waals surface area contributed by atoms with E-state index in [0.29, 0.717) is 16.8 Å². The fourth-order valence-electron chi connectivity index (χ4n) is 3.41. The van der Waals surface area contributed by atoms with Gasteiger partial charge < -0.3 is 9.72 Å². The Morgan fingerprint density at radius 1 is 1.11 bits per heavy atom. The number of aryl methyl sites for hydroxylation is 1. The van der Waals surface area contributed by atoms with E-state index in [1.807, 2.05) is 42.5 Å². The Hall–Kier alpha value is -3.65. The van der Waals surface area contributed by atoms with Crippen LogP contribution in [0.2, 0.25) is 0 Å². The van der Waals surface area contributed by atoms with E-state index in [4.69, 9.17) is 4.74 Å². The molecular weight excluding hydrogens is 352 g/mol. The molecule has 0 aliphatic carbocycles. The number of nitriles is 1. The van der Waals surface area contributed by atoms with Gasteiger partial charge in [0.1, 0.15) is 17.4 Å². The maximum atomic E-state index is 12.9. The van der Waals surface area contributed by atoms with Gasteiger partial charge >= 0.3 is 0 Å².